The number of nitrogens with zero attached hydrogens (tertiary/aromatic N) is 1. The summed E-state index contributed by atoms with van der Waals surface area (Å²) < 4.78 is 0. The van der Waals surface area contributed by atoms with Crippen molar-refractivity contribution in [2.45, 2.75) is 0 Å². The summed E-state index contributed by atoms with van der Waals surface area (Å²) in [7, 11) is 3.72. The lowest BCUT2D eigenvalue weighted by molar-refractivity contribution is 0.619. The topological polar surface area (TPSA) is 27.1 Å². The predicted octanol–water partition coefficient (Wildman–Crippen LogP) is 1.37. The Bertz CT molecular complexity index is 239. The summed E-state index contributed by atoms with van der Waals surface area (Å²) in [6.45, 7) is 0. The lowest BCUT2D eigenvalue weighted by atomic mass is 10.2. The van der Waals surface area contributed by atoms with Crippen molar-refractivity contribution < 1.29 is 0 Å². The van der Waals surface area contributed by atoms with E-state index < -0.39 is 0 Å². The van der Waals surface area contributed by atoms with Gasteiger partial charge in [-0.3, -0.25) is 5.41 Å². The Morgan fingerprint density at radius 2 is 1.91 bits per heavy atom. The minimum atomic E-state index is 0.527. The van der Waals surface area contributed by atoms with Crippen molar-refractivity contribution in [3.8, 4) is 0 Å². The third-order valence-electron chi connectivity index (χ3n) is 1.44. The summed E-state index contributed by atoms with van der Waals surface area (Å²) in [6, 6.07) is 10.3. The molecule has 2 heteroatoms. The molecule has 0 unspecified atom stereocenters. The second-order valence-electron chi connectivity index (χ2n) is 2.53. The first kappa shape index (κ1) is 7.79. The molecule has 1 aromatic carbocycles. The lowest BCUT2D eigenvalue weighted by Crippen LogP contribution is -2.21. The van der Waals surface area contributed by atoms with Gasteiger partial charge in [0, 0.05) is 19.7 Å². The molecule has 0 bridgehead atoms. The van der Waals surface area contributed by atoms with E-state index in [9.17, 15) is 0 Å². The highest BCUT2D eigenvalue weighted by molar-refractivity contribution is 5.95. The van der Waals surface area contributed by atoms with Crippen LogP contribution in [0.2, 0.25) is 0 Å². The molecule has 0 saturated heterocycles. The number of hydrogen-bond acceptors (Lipinski definition) is 1. The summed E-state index contributed by atoms with van der Waals surface area (Å²) in [4.78, 5) is 1.77. The van der Waals surface area contributed by atoms with Crippen molar-refractivity contribution in [1.29, 1.82) is 5.41 Å². The summed E-state index contributed by atoms with van der Waals surface area (Å²) in [6.07, 6.45) is 0. The van der Waals surface area contributed by atoms with E-state index in [2.05, 4.69) is 6.07 Å². The number of hydrogen-bond donors (Lipinski definition) is 1. The molecule has 0 aliphatic heterocycles. The molecule has 0 aliphatic rings. The second-order valence-corrected chi connectivity index (χ2v) is 2.53. The lowest BCUT2D eigenvalue weighted by Gasteiger charge is -2.12. The molecule has 11 heavy (non-hydrogen) atoms. The van der Waals surface area contributed by atoms with Crippen molar-refractivity contribution >= 4 is 5.84 Å². The Morgan fingerprint density at radius 1 is 1.36 bits per heavy atom. The van der Waals surface area contributed by atoms with Crippen molar-refractivity contribution in [2.24, 2.45) is 0 Å². The van der Waals surface area contributed by atoms with Crippen LogP contribution in [0, 0.1) is 11.5 Å². The van der Waals surface area contributed by atoms with Crippen LogP contribution in [0.4, 0.5) is 0 Å². The number of rotatable bonds is 1. The van der Waals surface area contributed by atoms with Gasteiger partial charge in [-0.2, -0.15) is 0 Å². The highest BCUT2D eigenvalue weighted by Crippen LogP contribution is 1.99. The van der Waals surface area contributed by atoms with E-state index in [0.29, 0.717) is 5.84 Å². The Balaban J connectivity index is 2.86. The van der Waals surface area contributed by atoms with Crippen LogP contribution in [0.5, 0.6) is 0 Å². The maximum atomic E-state index is 7.60. The van der Waals surface area contributed by atoms with Gasteiger partial charge >= 0.3 is 0 Å². The molecule has 2 nitrogen and oxygen atoms in total. The molecule has 1 aromatic rings. The van der Waals surface area contributed by atoms with Crippen LogP contribution in [0.15, 0.2) is 24.3 Å². The summed E-state index contributed by atoms with van der Waals surface area (Å²) >= 11 is 0. The third-order valence-corrected chi connectivity index (χ3v) is 1.44. The van der Waals surface area contributed by atoms with Crippen LogP contribution in [0.1, 0.15) is 5.56 Å². The maximum Gasteiger partial charge on any atom is 0.127 e. The van der Waals surface area contributed by atoms with E-state index in [4.69, 9.17) is 5.41 Å². The first-order valence-electron chi connectivity index (χ1n) is 3.44. The van der Waals surface area contributed by atoms with Crippen LogP contribution in [-0.4, -0.2) is 24.8 Å². The molecule has 1 N–H and O–H groups in total. The third kappa shape index (κ3) is 1.80. The van der Waals surface area contributed by atoms with Crippen molar-refractivity contribution in [2.75, 3.05) is 14.1 Å². The predicted molar refractivity (Wildman–Crippen MR) is 45.8 cm³/mol. The highest BCUT2D eigenvalue weighted by atomic mass is 15.1. The highest BCUT2D eigenvalue weighted by Gasteiger charge is 1.99. The maximum absolute atomic E-state index is 7.60. The molecule has 0 aromatic heterocycles. The molecule has 0 saturated carbocycles. The minimum Gasteiger partial charge on any atom is -0.363 e. The number of benzene rings is 1. The van der Waals surface area contributed by atoms with Gasteiger partial charge < -0.3 is 4.90 Å². The molecular formula is C9H11N2. The smallest absolute Gasteiger partial charge is 0.127 e. The second kappa shape index (κ2) is 3.19. The quantitative estimate of drug-likeness (QED) is 0.471. The molecule has 0 amide bonds. The van der Waals surface area contributed by atoms with Gasteiger partial charge in [0.15, 0.2) is 0 Å². The van der Waals surface area contributed by atoms with Crippen molar-refractivity contribution in [1.82, 2.24) is 4.90 Å². The normalized spacial score (nSPS) is 9.27. The zero-order valence-electron chi connectivity index (χ0n) is 6.76. The van der Waals surface area contributed by atoms with Gasteiger partial charge in [-0.1, -0.05) is 24.3 Å². The van der Waals surface area contributed by atoms with Gasteiger partial charge in [0.05, 0.1) is 0 Å². The first-order chi connectivity index (χ1) is 5.22. The monoisotopic (exact) mass is 147 g/mol. The van der Waals surface area contributed by atoms with Crippen LogP contribution in [0.25, 0.3) is 0 Å². The van der Waals surface area contributed by atoms with Gasteiger partial charge in [0.25, 0.3) is 0 Å². The molecule has 0 atom stereocenters. The largest absolute Gasteiger partial charge is 0.363 e. The van der Waals surface area contributed by atoms with Crippen LogP contribution in [0.3, 0.4) is 0 Å². The molecule has 1 rings (SSSR count). The van der Waals surface area contributed by atoms with E-state index >= 15 is 0 Å². The van der Waals surface area contributed by atoms with Gasteiger partial charge in [-0.15, -0.1) is 0 Å². The van der Waals surface area contributed by atoms with E-state index in [0.717, 1.165) is 5.56 Å². The fourth-order valence-electron chi connectivity index (χ4n) is 0.803. The fourth-order valence-corrected chi connectivity index (χ4v) is 0.803. The molecule has 57 valence electrons. The Kier molecular flexibility index (Phi) is 2.26. The van der Waals surface area contributed by atoms with E-state index in [-0.39, 0.29) is 0 Å². The van der Waals surface area contributed by atoms with Gasteiger partial charge in [0.2, 0.25) is 0 Å². The fraction of sp³-hybridized carbons (Fsp3) is 0.222. The average Bonchev–Trinajstić information content (AvgIpc) is 2.05. The van der Waals surface area contributed by atoms with Crippen molar-refractivity contribution in [3.63, 3.8) is 0 Å². The number of nitrogens with one attached hydrogen (secondary N) is 1. The number of amidine groups is 1. The molecule has 0 fully saturated rings. The van der Waals surface area contributed by atoms with Crippen LogP contribution in [-0.2, 0) is 0 Å². The average molecular weight is 147 g/mol. The Hall–Kier alpha value is -1.31. The Morgan fingerprint density at radius 3 is 2.36 bits per heavy atom. The van der Waals surface area contributed by atoms with Gasteiger partial charge in [-0.25, -0.2) is 0 Å². The summed E-state index contributed by atoms with van der Waals surface area (Å²) in [5.41, 5.74) is 0.925. The summed E-state index contributed by atoms with van der Waals surface area (Å²) in [5.74, 6) is 0.527. The van der Waals surface area contributed by atoms with Gasteiger partial charge in [0.1, 0.15) is 5.84 Å². The first-order valence-corrected chi connectivity index (χ1v) is 3.44. The summed E-state index contributed by atoms with van der Waals surface area (Å²) in [5, 5.41) is 7.60. The minimum absolute atomic E-state index is 0.527. The zero-order valence-corrected chi connectivity index (χ0v) is 6.76. The zero-order chi connectivity index (χ0) is 8.27. The molecule has 0 aliphatic carbocycles. The molecule has 0 heterocycles. The standard InChI is InChI=1S/C9H11N2/c1-11(2)9(10)8-6-4-3-5-7-8/h4-7,10H,1-2H3. The van der Waals surface area contributed by atoms with Gasteiger partial charge in [-0.05, 0) is 6.07 Å². The van der Waals surface area contributed by atoms with E-state index in [1.807, 2.05) is 38.4 Å². The van der Waals surface area contributed by atoms with Crippen LogP contribution < -0.4 is 0 Å². The SMILES string of the molecule is CN(C)C(=N)c1cc[c]cc1. The molecule has 1 radical (unpaired) electrons. The molecule has 0 spiro atoms. The van der Waals surface area contributed by atoms with E-state index in [1.165, 1.54) is 0 Å². The van der Waals surface area contributed by atoms with Crippen LogP contribution >= 0.6 is 0 Å². The Labute approximate surface area is 67.0 Å². The molecular weight excluding hydrogens is 136 g/mol. The van der Waals surface area contributed by atoms with Crippen molar-refractivity contribution in [3.05, 3.63) is 35.9 Å². The van der Waals surface area contributed by atoms with E-state index in [1.54, 1.807) is 4.90 Å².